The molecule has 0 aliphatic heterocycles. The molecule has 5 nitrogen and oxygen atoms in total. The Balaban J connectivity index is 2.03. The predicted molar refractivity (Wildman–Crippen MR) is 71.0 cm³/mol. The molecule has 0 N–H and O–H groups in total. The fourth-order valence-electron chi connectivity index (χ4n) is 1.78. The Morgan fingerprint density at radius 3 is 1.60 bits per heavy atom. The van der Waals surface area contributed by atoms with Crippen molar-refractivity contribution < 1.29 is 23.1 Å². The zero-order valence-corrected chi connectivity index (χ0v) is 12.0. The van der Waals surface area contributed by atoms with E-state index in [0.29, 0.717) is 11.5 Å². The predicted octanol–water partition coefficient (Wildman–Crippen LogP) is 4.20. The van der Waals surface area contributed by atoms with Crippen LogP contribution in [-0.4, -0.2) is 6.16 Å². The van der Waals surface area contributed by atoms with Crippen molar-refractivity contribution in [1.29, 1.82) is 0 Å². The molecule has 2 rings (SSSR count). The Morgan fingerprint density at radius 2 is 1.30 bits per heavy atom. The number of carbonyl (C=O) groups excluding carboxylic acids is 1. The summed E-state index contributed by atoms with van der Waals surface area (Å²) in [6.07, 6.45) is 2.27. The topological polar surface area (TPSA) is 61.8 Å². The molecular weight excluding hydrogens is 260 g/mol. The van der Waals surface area contributed by atoms with Gasteiger partial charge in [0.2, 0.25) is 0 Å². The van der Waals surface area contributed by atoms with Gasteiger partial charge in [-0.2, -0.15) is 0 Å². The highest BCUT2D eigenvalue weighted by Gasteiger charge is 2.34. The summed E-state index contributed by atoms with van der Waals surface area (Å²) >= 11 is 0. The fourth-order valence-corrected chi connectivity index (χ4v) is 1.78. The maximum atomic E-state index is 11.9. The third-order valence-electron chi connectivity index (χ3n) is 2.91. The first kappa shape index (κ1) is 14.2. The van der Waals surface area contributed by atoms with E-state index in [1.165, 1.54) is 12.5 Å². The Morgan fingerprint density at radius 1 is 0.900 bits per heavy atom. The molecular formula is C15H18O5. The number of carbonyl (C=O) groups is 1. The first-order valence-electron chi connectivity index (χ1n) is 6.31. The molecule has 0 fully saturated rings. The third kappa shape index (κ3) is 3.04. The third-order valence-corrected chi connectivity index (χ3v) is 2.91. The summed E-state index contributed by atoms with van der Waals surface area (Å²) in [7, 11) is 0. The molecule has 0 bridgehead atoms. The van der Waals surface area contributed by atoms with Gasteiger partial charge in [-0.3, -0.25) is 0 Å². The van der Waals surface area contributed by atoms with E-state index >= 15 is 0 Å². The smallest absolute Gasteiger partial charge is 0.465 e. The molecule has 0 aliphatic carbocycles. The highest BCUT2D eigenvalue weighted by Crippen LogP contribution is 2.29. The van der Waals surface area contributed by atoms with Crippen LogP contribution in [0.1, 0.15) is 39.2 Å². The monoisotopic (exact) mass is 278 g/mol. The number of rotatable bonds is 4. The zero-order valence-electron chi connectivity index (χ0n) is 12.0. The maximum Gasteiger partial charge on any atom is 0.510 e. The van der Waals surface area contributed by atoms with Crippen LogP contribution in [0.15, 0.2) is 45.6 Å². The molecule has 0 atom stereocenters. The summed E-state index contributed by atoms with van der Waals surface area (Å²) in [6.45, 7) is 6.92. The molecule has 0 aromatic carbocycles. The standard InChI is InChI=1S/C15H18O5/c1-14(2,11-7-5-9-17-11)19-13(16)20-15(3,4)12-8-6-10-18-12/h5-10H,1-4H3. The molecule has 20 heavy (non-hydrogen) atoms. The molecule has 5 heteroatoms. The van der Waals surface area contributed by atoms with Crippen LogP contribution in [0.4, 0.5) is 4.79 Å². The summed E-state index contributed by atoms with van der Waals surface area (Å²) in [4.78, 5) is 11.9. The van der Waals surface area contributed by atoms with Crippen LogP contribution < -0.4 is 0 Å². The van der Waals surface area contributed by atoms with Gasteiger partial charge in [-0.15, -0.1) is 0 Å². The van der Waals surface area contributed by atoms with Gasteiger partial charge in [-0.25, -0.2) is 4.79 Å². The van der Waals surface area contributed by atoms with Gasteiger partial charge in [0.1, 0.15) is 11.5 Å². The van der Waals surface area contributed by atoms with Crippen LogP contribution in [0, 0.1) is 0 Å². The van der Waals surface area contributed by atoms with E-state index < -0.39 is 17.4 Å². The molecule has 0 aliphatic rings. The molecule has 2 heterocycles. The SMILES string of the molecule is CC(C)(OC(=O)OC(C)(C)c1ccco1)c1ccco1. The molecule has 2 aromatic heterocycles. The van der Waals surface area contributed by atoms with E-state index in [1.807, 2.05) is 0 Å². The first-order chi connectivity index (χ1) is 9.31. The quantitative estimate of drug-likeness (QED) is 0.784. The van der Waals surface area contributed by atoms with Crippen molar-refractivity contribution in [2.75, 3.05) is 0 Å². The largest absolute Gasteiger partial charge is 0.510 e. The second kappa shape index (κ2) is 5.07. The van der Waals surface area contributed by atoms with E-state index in [-0.39, 0.29) is 0 Å². The minimum absolute atomic E-state index is 0.547. The molecule has 0 saturated carbocycles. The lowest BCUT2D eigenvalue weighted by Gasteiger charge is -2.27. The van der Waals surface area contributed by atoms with Crippen molar-refractivity contribution in [3.63, 3.8) is 0 Å². The lowest BCUT2D eigenvalue weighted by atomic mass is 10.1. The van der Waals surface area contributed by atoms with Gasteiger partial charge in [0.05, 0.1) is 12.5 Å². The average molecular weight is 278 g/mol. The van der Waals surface area contributed by atoms with Gasteiger partial charge < -0.3 is 18.3 Å². The minimum atomic E-state index is -0.903. The van der Waals surface area contributed by atoms with Gasteiger partial charge in [0, 0.05) is 0 Å². The molecule has 0 amide bonds. The molecule has 108 valence electrons. The lowest BCUT2D eigenvalue weighted by Crippen LogP contribution is -2.31. The molecule has 2 aromatic rings. The summed E-state index contributed by atoms with van der Waals surface area (Å²) < 4.78 is 21.1. The van der Waals surface area contributed by atoms with Crippen molar-refractivity contribution in [2.24, 2.45) is 0 Å². The maximum absolute atomic E-state index is 11.9. The Labute approximate surface area is 117 Å². The number of furan rings is 2. The van der Waals surface area contributed by atoms with Gasteiger partial charge in [0.25, 0.3) is 0 Å². The van der Waals surface area contributed by atoms with E-state index in [1.54, 1.807) is 52.0 Å². The Hall–Kier alpha value is -2.17. The summed E-state index contributed by atoms with van der Waals surface area (Å²) in [5, 5.41) is 0. The van der Waals surface area contributed by atoms with Gasteiger partial charge in [-0.1, -0.05) is 0 Å². The van der Waals surface area contributed by atoms with E-state index in [9.17, 15) is 4.79 Å². The van der Waals surface area contributed by atoms with Crippen molar-refractivity contribution in [3.05, 3.63) is 48.3 Å². The molecule has 0 spiro atoms. The average Bonchev–Trinajstić information content (AvgIpc) is 3.02. The van der Waals surface area contributed by atoms with E-state index in [4.69, 9.17) is 18.3 Å². The van der Waals surface area contributed by atoms with Gasteiger partial charge in [0.15, 0.2) is 11.2 Å². The summed E-state index contributed by atoms with van der Waals surface area (Å²) in [6, 6.07) is 6.95. The van der Waals surface area contributed by atoms with Crippen LogP contribution in [0.3, 0.4) is 0 Å². The van der Waals surface area contributed by atoms with Crippen LogP contribution in [0.5, 0.6) is 0 Å². The van der Waals surface area contributed by atoms with Gasteiger partial charge >= 0.3 is 6.16 Å². The Bertz CT molecular complexity index is 499. The molecule has 0 unspecified atom stereocenters. The second-order valence-corrected chi connectivity index (χ2v) is 5.43. The molecule has 0 saturated heterocycles. The van der Waals surface area contributed by atoms with Crippen molar-refractivity contribution >= 4 is 6.16 Å². The van der Waals surface area contributed by atoms with Crippen LogP contribution in [-0.2, 0) is 20.7 Å². The van der Waals surface area contributed by atoms with Crippen LogP contribution >= 0.6 is 0 Å². The normalized spacial score (nSPS) is 12.2. The minimum Gasteiger partial charge on any atom is -0.465 e. The van der Waals surface area contributed by atoms with E-state index in [2.05, 4.69) is 0 Å². The highest BCUT2D eigenvalue weighted by atomic mass is 16.7. The lowest BCUT2D eigenvalue weighted by molar-refractivity contribution is -0.0752. The Kier molecular flexibility index (Phi) is 3.61. The number of hydrogen-bond acceptors (Lipinski definition) is 5. The van der Waals surface area contributed by atoms with Crippen LogP contribution in [0.2, 0.25) is 0 Å². The van der Waals surface area contributed by atoms with E-state index in [0.717, 1.165) is 0 Å². The molecule has 0 radical (unpaired) electrons. The first-order valence-corrected chi connectivity index (χ1v) is 6.31. The highest BCUT2D eigenvalue weighted by molar-refractivity contribution is 5.61. The number of ether oxygens (including phenoxy) is 2. The number of hydrogen-bond donors (Lipinski definition) is 0. The van der Waals surface area contributed by atoms with Crippen LogP contribution in [0.25, 0.3) is 0 Å². The fraction of sp³-hybridized carbons (Fsp3) is 0.400. The second-order valence-electron chi connectivity index (χ2n) is 5.43. The van der Waals surface area contributed by atoms with Crippen molar-refractivity contribution in [2.45, 2.75) is 38.9 Å². The summed E-state index contributed by atoms with van der Waals surface area (Å²) in [5.74, 6) is 1.09. The van der Waals surface area contributed by atoms with Crippen molar-refractivity contribution in [3.8, 4) is 0 Å². The van der Waals surface area contributed by atoms with Crippen molar-refractivity contribution in [1.82, 2.24) is 0 Å². The van der Waals surface area contributed by atoms with Gasteiger partial charge in [-0.05, 0) is 52.0 Å². The zero-order chi connectivity index (χ0) is 14.8. The summed E-state index contributed by atoms with van der Waals surface area (Å²) in [5.41, 5.74) is -1.81.